The van der Waals surface area contributed by atoms with Gasteiger partial charge in [0, 0.05) is 25.1 Å². The summed E-state index contributed by atoms with van der Waals surface area (Å²) in [5.41, 5.74) is 1.35. The first-order valence-electron chi connectivity index (χ1n) is 7.44. The fraction of sp³-hybridized carbons (Fsp3) is 0.167. The molecule has 0 spiro atoms. The van der Waals surface area contributed by atoms with Crippen molar-refractivity contribution >= 4 is 28.5 Å². The van der Waals surface area contributed by atoms with E-state index in [0.29, 0.717) is 12.2 Å². The molecular weight excluding hydrogens is 308 g/mol. The van der Waals surface area contributed by atoms with E-state index in [9.17, 15) is 9.59 Å². The van der Waals surface area contributed by atoms with Gasteiger partial charge in [0.1, 0.15) is 5.84 Å². The van der Waals surface area contributed by atoms with E-state index in [1.165, 1.54) is 16.3 Å². The van der Waals surface area contributed by atoms with Crippen LogP contribution in [0.5, 0.6) is 0 Å². The lowest BCUT2D eigenvalue weighted by Gasteiger charge is -2.06. The van der Waals surface area contributed by atoms with Crippen LogP contribution in [0.15, 0.2) is 59.6 Å². The fourth-order valence-electron chi connectivity index (χ4n) is 2.33. The normalized spacial score (nSPS) is 13.1. The number of rotatable bonds is 4. The quantitative estimate of drug-likeness (QED) is 0.747. The van der Waals surface area contributed by atoms with Gasteiger partial charge in [-0.15, -0.1) is 0 Å². The minimum Gasteiger partial charge on any atom is -0.478 e. The second kappa shape index (κ2) is 8.47. The molecule has 0 aromatic heterocycles. The third kappa shape index (κ3) is 5.24. The number of amidine groups is 1. The number of hydrogen-bond donors (Lipinski definition) is 3. The van der Waals surface area contributed by atoms with Gasteiger partial charge >= 0.3 is 11.9 Å². The molecular formula is C18H18N2O4. The molecule has 0 amide bonds. The summed E-state index contributed by atoms with van der Waals surface area (Å²) in [7, 11) is 0. The number of carboxylic acids is 2. The predicted molar refractivity (Wildman–Crippen MR) is 92.4 cm³/mol. The third-order valence-electron chi connectivity index (χ3n) is 3.35. The first-order valence-corrected chi connectivity index (χ1v) is 7.44. The van der Waals surface area contributed by atoms with Crippen LogP contribution in [0, 0.1) is 0 Å². The average molecular weight is 326 g/mol. The topological polar surface area (TPSA) is 99.0 Å². The molecule has 24 heavy (non-hydrogen) atoms. The molecule has 0 radical (unpaired) electrons. The van der Waals surface area contributed by atoms with Crippen LogP contribution < -0.4 is 5.32 Å². The van der Waals surface area contributed by atoms with Gasteiger partial charge in [-0.05, 0) is 16.3 Å². The summed E-state index contributed by atoms with van der Waals surface area (Å²) >= 11 is 0. The minimum absolute atomic E-state index is 0.558. The second-order valence-electron chi connectivity index (χ2n) is 5.08. The van der Waals surface area contributed by atoms with Gasteiger partial charge in [-0.2, -0.15) is 0 Å². The van der Waals surface area contributed by atoms with E-state index < -0.39 is 11.9 Å². The molecule has 2 aromatic rings. The maximum atomic E-state index is 9.55. The summed E-state index contributed by atoms with van der Waals surface area (Å²) in [4.78, 5) is 23.6. The van der Waals surface area contributed by atoms with Crippen molar-refractivity contribution in [2.45, 2.75) is 6.42 Å². The van der Waals surface area contributed by atoms with Crippen LogP contribution in [-0.4, -0.2) is 41.1 Å². The highest BCUT2D eigenvalue weighted by Gasteiger charge is 2.07. The van der Waals surface area contributed by atoms with Crippen LogP contribution in [-0.2, 0) is 16.0 Å². The molecule has 1 aliphatic heterocycles. The lowest BCUT2D eigenvalue weighted by Crippen LogP contribution is -2.20. The van der Waals surface area contributed by atoms with Gasteiger partial charge in [-0.1, -0.05) is 42.5 Å². The molecule has 3 N–H and O–H groups in total. The molecule has 2 aromatic carbocycles. The Kier molecular flexibility index (Phi) is 6.08. The van der Waals surface area contributed by atoms with E-state index >= 15 is 0 Å². The zero-order valence-corrected chi connectivity index (χ0v) is 13.0. The van der Waals surface area contributed by atoms with Crippen molar-refractivity contribution in [2.24, 2.45) is 4.99 Å². The maximum absolute atomic E-state index is 9.55. The first kappa shape index (κ1) is 17.2. The molecule has 0 saturated heterocycles. The van der Waals surface area contributed by atoms with Gasteiger partial charge in [0.15, 0.2) is 0 Å². The third-order valence-corrected chi connectivity index (χ3v) is 3.35. The van der Waals surface area contributed by atoms with Crippen molar-refractivity contribution in [2.75, 3.05) is 13.1 Å². The number of benzene rings is 2. The van der Waals surface area contributed by atoms with E-state index in [0.717, 1.165) is 25.3 Å². The molecule has 0 aliphatic carbocycles. The summed E-state index contributed by atoms with van der Waals surface area (Å²) < 4.78 is 0. The number of fused-ring (bicyclic) bond motifs is 1. The summed E-state index contributed by atoms with van der Waals surface area (Å²) in [5, 5.41) is 21.6. The van der Waals surface area contributed by atoms with Gasteiger partial charge in [0.2, 0.25) is 0 Å². The van der Waals surface area contributed by atoms with Crippen LogP contribution in [0.3, 0.4) is 0 Å². The molecule has 1 heterocycles. The van der Waals surface area contributed by atoms with Crippen molar-refractivity contribution < 1.29 is 19.8 Å². The Morgan fingerprint density at radius 3 is 2.33 bits per heavy atom. The van der Waals surface area contributed by atoms with Gasteiger partial charge < -0.3 is 15.5 Å². The SMILES string of the molecule is O=C(O)/C=C\C(=O)O.c1ccc2c(CC3=NCCN3)cccc2c1. The van der Waals surface area contributed by atoms with E-state index in [1.54, 1.807) is 0 Å². The molecule has 0 atom stereocenters. The van der Waals surface area contributed by atoms with Gasteiger partial charge in [0.05, 0.1) is 6.54 Å². The monoisotopic (exact) mass is 326 g/mol. The minimum atomic E-state index is -1.26. The van der Waals surface area contributed by atoms with E-state index in [4.69, 9.17) is 10.2 Å². The van der Waals surface area contributed by atoms with Gasteiger partial charge in [-0.3, -0.25) is 4.99 Å². The molecule has 0 saturated carbocycles. The van der Waals surface area contributed by atoms with Crippen LogP contribution >= 0.6 is 0 Å². The number of carbonyl (C=O) groups is 2. The lowest BCUT2D eigenvalue weighted by atomic mass is 10.0. The highest BCUT2D eigenvalue weighted by atomic mass is 16.4. The highest BCUT2D eigenvalue weighted by molar-refractivity contribution is 5.92. The molecule has 3 rings (SSSR count). The maximum Gasteiger partial charge on any atom is 0.328 e. The summed E-state index contributed by atoms with van der Waals surface area (Å²) in [5.74, 6) is -1.39. The molecule has 0 bridgehead atoms. The zero-order chi connectivity index (χ0) is 17.4. The Hall–Kier alpha value is -3.15. The Balaban J connectivity index is 0.000000224. The van der Waals surface area contributed by atoms with Crippen molar-refractivity contribution in [3.05, 3.63) is 60.2 Å². The zero-order valence-electron chi connectivity index (χ0n) is 13.0. The van der Waals surface area contributed by atoms with Crippen molar-refractivity contribution in [3.8, 4) is 0 Å². The number of hydrogen-bond acceptors (Lipinski definition) is 4. The van der Waals surface area contributed by atoms with Crippen LogP contribution in [0.4, 0.5) is 0 Å². The first-order chi connectivity index (χ1) is 11.6. The van der Waals surface area contributed by atoms with Crippen molar-refractivity contribution in [3.63, 3.8) is 0 Å². The second-order valence-corrected chi connectivity index (χ2v) is 5.08. The van der Waals surface area contributed by atoms with E-state index in [2.05, 4.69) is 52.8 Å². The molecule has 1 aliphatic rings. The standard InChI is InChI=1S/C14H14N2.C4H4O4/c1-2-7-13-11(4-1)5-3-6-12(13)10-14-15-8-9-16-14;5-3(6)1-2-4(7)8/h1-7H,8-10H2,(H,15,16);1-2H,(H,5,6)(H,7,8)/b;2-1-. The van der Waals surface area contributed by atoms with Crippen molar-refractivity contribution in [1.82, 2.24) is 5.32 Å². The molecule has 0 fully saturated rings. The van der Waals surface area contributed by atoms with Crippen LogP contribution in [0.1, 0.15) is 5.56 Å². The molecule has 6 heteroatoms. The van der Waals surface area contributed by atoms with E-state index in [1.807, 2.05) is 0 Å². The number of nitrogens with one attached hydrogen (secondary N) is 1. The van der Waals surface area contributed by atoms with E-state index in [-0.39, 0.29) is 0 Å². The summed E-state index contributed by atoms with van der Waals surface area (Å²) in [6.45, 7) is 1.90. The Labute approximate surface area is 139 Å². The van der Waals surface area contributed by atoms with Gasteiger partial charge in [0.25, 0.3) is 0 Å². The Morgan fingerprint density at radius 1 is 1.04 bits per heavy atom. The Morgan fingerprint density at radius 2 is 1.71 bits per heavy atom. The van der Waals surface area contributed by atoms with Crippen molar-refractivity contribution in [1.29, 1.82) is 0 Å². The predicted octanol–water partition coefficient (Wildman–Crippen LogP) is 2.10. The number of nitrogens with zero attached hydrogens (tertiary/aromatic N) is 1. The van der Waals surface area contributed by atoms with Crippen LogP contribution in [0.25, 0.3) is 10.8 Å². The highest BCUT2D eigenvalue weighted by Crippen LogP contribution is 2.19. The summed E-state index contributed by atoms with van der Waals surface area (Å²) in [6, 6.07) is 15.0. The van der Waals surface area contributed by atoms with Gasteiger partial charge in [-0.25, -0.2) is 9.59 Å². The molecule has 0 unspecified atom stereocenters. The average Bonchev–Trinajstić information content (AvgIpc) is 3.07. The number of aliphatic imine (C=N–C) groups is 1. The number of aliphatic carboxylic acids is 2. The smallest absolute Gasteiger partial charge is 0.328 e. The lowest BCUT2D eigenvalue weighted by molar-refractivity contribution is -0.134. The fourth-order valence-corrected chi connectivity index (χ4v) is 2.33. The Bertz CT molecular complexity index is 775. The largest absolute Gasteiger partial charge is 0.478 e. The molecule has 124 valence electrons. The molecule has 6 nitrogen and oxygen atoms in total. The van der Waals surface area contributed by atoms with Crippen LogP contribution in [0.2, 0.25) is 0 Å². The summed E-state index contributed by atoms with van der Waals surface area (Å²) in [6.07, 6.45) is 2.03. The number of carboxylic acid groups (broad SMARTS) is 2.